The summed E-state index contributed by atoms with van der Waals surface area (Å²) in [6.07, 6.45) is 0. The molecule has 1 aliphatic rings. The molecule has 0 unspecified atom stereocenters. The highest BCUT2D eigenvalue weighted by Crippen LogP contribution is 2.24. The second-order valence-electron chi connectivity index (χ2n) is 8.23. The van der Waals surface area contributed by atoms with Crippen molar-refractivity contribution < 1.29 is 14.3 Å². The van der Waals surface area contributed by atoms with Crippen molar-refractivity contribution in [3.63, 3.8) is 0 Å². The molecule has 32 heavy (non-hydrogen) atoms. The smallest absolute Gasteiger partial charge is 0.313 e. The summed E-state index contributed by atoms with van der Waals surface area (Å²) < 4.78 is 5.27. The molecule has 172 valence electrons. The van der Waals surface area contributed by atoms with Gasteiger partial charge in [-0.15, -0.1) is 0 Å². The van der Waals surface area contributed by atoms with E-state index in [0.29, 0.717) is 12.2 Å². The van der Waals surface area contributed by atoms with Gasteiger partial charge < -0.3 is 25.2 Å². The second kappa shape index (κ2) is 11.0. The van der Waals surface area contributed by atoms with Crippen LogP contribution in [0.3, 0.4) is 0 Å². The third-order valence-electron chi connectivity index (χ3n) is 5.78. The molecule has 0 spiro atoms. The van der Waals surface area contributed by atoms with Crippen molar-refractivity contribution in [3.05, 3.63) is 54.1 Å². The van der Waals surface area contributed by atoms with Crippen LogP contribution in [0.2, 0.25) is 0 Å². The summed E-state index contributed by atoms with van der Waals surface area (Å²) in [5.41, 5.74) is 2.68. The maximum atomic E-state index is 12.5. The monoisotopic (exact) mass is 439 g/mol. The molecule has 2 aromatic carbocycles. The molecule has 2 N–H and O–H groups in total. The average molecular weight is 440 g/mol. The minimum Gasteiger partial charge on any atom is -0.497 e. The van der Waals surface area contributed by atoms with Crippen LogP contribution >= 0.6 is 0 Å². The van der Waals surface area contributed by atoms with Crippen molar-refractivity contribution in [1.29, 1.82) is 0 Å². The average Bonchev–Trinajstić information content (AvgIpc) is 2.80. The van der Waals surface area contributed by atoms with Crippen LogP contribution in [-0.4, -0.2) is 82.6 Å². The maximum absolute atomic E-state index is 12.5. The molecule has 0 aliphatic carbocycles. The number of methoxy groups -OCH3 is 1. The highest BCUT2D eigenvalue weighted by molar-refractivity contribution is 6.39. The predicted molar refractivity (Wildman–Crippen MR) is 127 cm³/mol. The number of ether oxygens (including phenoxy) is 1. The highest BCUT2D eigenvalue weighted by atomic mass is 16.5. The minimum atomic E-state index is -0.672. The summed E-state index contributed by atoms with van der Waals surface area (Å²) in [7, 11) is 7.64. The third kappa shape index (κ3) is 6.21. The van der Waals surface area contributed by atoms with Crippen LogP contribution in [0.15, 0.2) is 48.5 Å². The highest BCUT2D eigenvalue weighted by Gasteiger charge is 2.25. The molecule has 2 aromatic rings. The molecule has 8 heteroatoms. The van der Waals surface area contributed by atoms with Gasteiger partial charge in [0.05, 0.1) is 13.2 Å². The minimum absolute atomic E-state index is 0.0225. The summed E-state index contributed by atoms with van der Waals surface area (Å²) in [5.74, 6) is -0.529. The molecule has 0 radical (unpaired) electrons. The molecular formula is C24H33N5O3. The molecular weight excluding hydrogens is 406 g/mol. The Morgan fingerprint density at radius 2 is 1.59 bits per heavy atom. The first-order chi connectivity index (χ1) is 15.4. The molecule has 3 rings (SSSR count). The van der Waals surface area contributed by atoms with E-state index >= 15 is 0 Å². The maximum Gasteiger partial charge on any atom is 0.313 e. The zero-order chi connectivity index (χ0) is 23.1. The summed E-state index contributed by atoms with van der Waals surface area (Å²) in [4.78, 5) is 31.5. The van der Waals surface area contributed by atoms with Crippen molar-refractivity contribution in [1.82, 2.24) is 15.1 Å². The quantitative estimate of drug-likeness (QED) is 0.641. The molecule has 2 amide bonds. The number of rotatable bonds is 7. The Morgan fingerprint density at radius 3 is 2.16 bits per heavy atom. The molecule has 1 saturated heterocycles. The normalized spacial score (nSPS) is 15.6. The lowest BCUT2D eigenvalue weighted by molar-refractivity contribution is -0.136. The van der Waals surface area contributed by atoms with Gasteiger partial charge in [0, 0.05) is 58.2 Å². The molecule has 1 aliphatic heterocycles. The topological polar surface area (TPSA) is 77.1 Å². The lowest BCUT2D eigenvalue weighted by Crippen LogP contribution is -2.49. The number of likely N-dealkylation sites (N-methyl/N-ethyl adjacent to an activating group) is 1. The van der Waals surface area contributed by atoms with Gasteiger partial charge in [-0.3, -0.25) is 14.5 Å². The van der Waals surface area contributed by atoms with Crippen LogP contribution in [0.1, 0.15) is 11.6 Å². The fourth-order valence-electron chi connectivity index (χ4n) is 3.72. The molecule has 0 saturated carbocycles. The van der Waals surface area contributed by atoms with E-state index < -0.39 is 11.8 Å². The van der Waals surface area contributed by atoms with Crippen molar-refractivity contribution in [3.8, 4) is 5.75 Å². The first-order valence-corrected chi connectivity index (χ1v) is 10.8. The van der Waals surface area contributed by atoms with E-state index in [4.69, 9.17) is 4.74 Å². The summed E-state index contributed by atoms with van der Waals surface area (Å²) in [6.45, 7) is 4.07. The summed E-state index contributed by atoms with van der Waals surface area (Å²) >= 11 is 0. The predicted octanol–water partition coefficient (Wildman–Crippen LogP) is 1.80. The lowest BCUT2D eigenvalue weighted by atomic mass is 10.0. The number of benzene rings is 2. The summed E-state index contributed by atoms with van der Waals surface area (Å²) in [6, 6.07) is 15.2. The number of piperazine rings is 1. The SMILES string of the molecule is COc1ccc([C@@H](CNC(=O)C(=O)Nc2ccc(N(C)C)cc2)N2CCN(C)CC2)cc1. The first kappa shape index (κ1) is 23.6. The molecule has 1 heterocycles. The Labute approximate surface area is 190 Å². The Hall–Kier alpha value is -3.10. The van der Waals surface area contributed by atoms with E-state index in [1.165, 1.54) is 0 Å². The number of hydrogen-bond donors (Lipinski definition) is 2. The first-order valence-electron chi connectivity index (χ1n) is 10.8. The Morgan fingerprint density at radius 1 is 0.969 bits per heavy atom. The summed E-state index contributed by atoms with van der Waals surface area (Å²) in [5, 5.41) is 5.49. The number of nitrogens with zero attached hydrogens (tertiary/aromatic N) is 3. The zero-order valence-electron chi connectivity index (χ0n) is 19.3. The van der Waals surface area contributed by atoms with Gasteiger partial charge in [-0.1, -0.05) is 12.1 Å². The van der Waals surface area contributed by atoms with Gasteiger partial charge in [0.15, 0.2) is 0 Å². The van der Waals surface area contributed by atoms with Gasteiger partial charge in [0.1, 0.15) is 5.75 Å². The molecule has 0 aromatic heterocycles. The van der Waals surface area contributed by atoms with Crippen molar-refractivity contribution in [2.24, 2.45) is 0 Å². The molecule has 1 fully saturated rings. The Bertz CT molecular complexity index is 891. The largest absolute Gasteiger partial charge is 0.497 e. The van der Waals surface area contributed by atoms with E-state index in [1.807, 2.05) is 55.4 Å². The number of carbonyl (C=O) groups excluding carboxylic acids is 2. The van der Waals surface area contributed by atoms with E-state index in [-0.39, 0.29) is 6.04 Å². The molecule has 1 atom stereocenters. The number of hydrogen-bond acceptors (Lipinski definition) is 6. The van der Waals surface area contributed by atoms with Crippen molar-refractivity contribution in [2.45, 2.75) is 6.04 Å². The number of amides is 2. The second-order valence-corrected chi connectivity index (χ2v) is 8.23. The Balaban J connectivity index is 1.63. The number of anilines is 2. The van der Waals surface area contributed by atoms with E-state index in [1.54, 1.807) is 19.2 Å². The molecule has 8 nitrogen and oxygen atoms in total. The standard InChI is InChI=1S/C24H33N5O3/c1-27(2)20-9-7-19(8-10-20)26-24(31)23(30)25-17-22(29-15-13-28(3)14-16-29)18-5-11-21(32-4)12-6-18/h5-12,22H,13-17H2,1-4H3,(H,25,30)(H,26,31)/t22-/m1/s1. The molecule has 0 bridgehead atoms. The van der Waals surface area contributed by atoms with Crippen LogP contribution in [-0.2, 0) is 9.59 Å². The van der Waals surface area contributed by atoms with Crippen LogP contribution in [0.25, 0.3) is 0 Å². The van der Waals surface area contributed by atoms with Gasteiger partial charge in [0.2, 0.25) is 0 Å². The van der Waals surface area contributed by atoms with Crippen LogP contribution < -0.4 is 20.3 Å². The lowest BCUT2D eigenvalue weighted by Gasteiger charge is -2.38. The number of nitrogens with one attached hydrogen (secondary N) is 2. The van der Waals surface area contributed by atoms with Gasteiger partial charge in [-0.2, -0.15) is 0 Å². The Kier molecular flexibility index (Phi) is 8.08. The van der Waals surface area contributed by atoms with Gasteiger partial charge >= 0.3 is 11.8 Å². The van der Waals surface area contributed by atoms with E-state index in [2.05, 4.69) is 27.5 Å². The fourth-order valence-corrected chi connectivity index (χ4v) is 3.72. The zero-order valence-corrected chi connectivity index (χ0v) is 19.3. The van der Waals surface area contributed by atoms with Crippen LogP contribution in [0.5, 0.6) is 5.75 Å². The van der Waals surface area contributed by atoms with Crippen molar-refractivity contribution in [2.75, 3.05) is 71.2 Å². The van der Waals surface area contributed by atoms with Crippen molar-refractivity contribution >= 4 is 23.2 Å². The third-order valence-corrected chi connectivity index (χ3v) is 5.78. The van der Waals surface area contributed by atoms with Gasteiger partial charge in [-0.25, -0.2) is 0 Å². The van der Waals surface area contributed by atoms with Crippen LogP contribution in [0.4, 0.5) is 11.4 Å². The fraction of sp³-hybridized carbons (Fsp3) is 0.417. The van der Waals surface area contributed by atoms with Gasteiger partial charge in [-0.05, 0) is 49.0 Å². The van der Waals surface area contributed by atoms with Gasteiger partial charge in [0.25, 0.3) is 0 Å². The number of carbonyl (C=O) groups is 2. The van der Waals surface area contributed by atoms with E-state index in [0.717, 1.165) is 43.2 Å². The van der Waals surface area contributed by atoms with E-state index in [9.17, 15) is 9.59 Å². The van der Waals surface area contributed by atoms with Crippen LogP contribution in [0, 0.1) is 0 Å².